The summed E-state index contributed by atoms with van der Waals surface area (Å²) in [6.07, 6.45) is 2.18. The van der Waals surface area contributed by atoms with E-state index >= 15 is 0 Å². The maximum absolute atomic E-state index is 12.3. The molecule has 0 aliphatic heterocycles. The molecule has 0 unspecified atom stereocenters. The van der Waals surface area contributed by atoms with Gasteiger partial charge in [-0.2, -0.15) is 0 Å². The average Bonchev–Trinajstić information content (AvgIpc) is 2.43. The largest absolute Gasteiger partial charge is 0.393 e. The number of hydrogen-bond donors (Lipinski definition) is 1. The molecule has 2 N–H and O–H groups in total. The van der Waals surface area contributed by atoms with Crippen molar-refractivity contribution < 1.29 is 0 Å². The van der Waals surface area contributed by atoms with Crippen LogP contribution in [-0.2, 0) is 13.1 Å². The first-order valence-corrected chi connectivity index (χ1v) is 7.16. The monoisotopic (exact) mass is 307 g/mol. The second kappa shape index (κ2) is 6.18. The molecule has 0 amide bonds. The molecule has 5 nitrogen and oxygen atoms in total. The van der Waals surface area contributed by atoms with Gasteiger partial charge < -0.3 is 5.73 Å². The predicted octanol–water partition coefficient (Wildman–Crippen LogP) is 2.01. The molecule has 0 aliphatic rings. The van der Waals surface area contributed by atoms with Gasteiger partial charge in [-0.15, -0.1) is 0 Å². The van der Waals surface area contributed by atoms with Gasteiger partial charge in [0.05, 0.1) is 6.54 Å². The van der Waals surface area contributed by atoms with Crippen molar-refractivity contribution in [1.29, 1.82) is 0 Å². The van der Waals surface area contributed by atoms with Crippen LogP contribution in [-0.4, -0.2) is 9.13 Å². The van der Waals surface area contributed by atoms with Crippen LogP contribution in [0.15, 0.2) is 34.0 Å². The molecule has 0 fully saturated rings. The van der Waals surface area contributed by atoms with Gasteiger partial charge in [0, 0.05) is 17.8 Å². The summed E-state index contributed by atoms with van der Waals surface area (Å²) in [5, 5.41) is 0.533. The topological polar surface area (TPSA) is 70.0 Å². The Morgan fingerprint density at radius 2 is 2.00 bits per heavy atom. The van der Waals surface area contributed by atoms with Crippen LogP contribution in [0.5, 0.6) is 0 Å². The van der Waals surface area contributed by atoms with Gasteiger partial charge >= 0.3 is 5.69 Å². The standard InChI is InChI=1S/C15H18ClN3O2/c1-3-6-18-9-13(17)14(20)19(15(18)21)8-11-5-4-10(2)7-12(11)16/h4-5,7,9H,3,6,8,17H2,1-2H3. The van der Waals surface area contributed by atoms with Crippen molar-refractivity contribution >= 4 is 17.3 Å². The van der Waals surface area contributed by atoms with Crippen LogP contribution in [0.3, 0.4) is 0 Å². The van der Waals surface area contributed by atoms with Gasteiger partial charge in [-0.05, 0) is 30.5 Å². The average molecular weight is 308 g/mol. The molecule has 0 atom stereocenters. The fourth-order valence-electron chi connectivity index (χ4n) is 2.17. The lowest BCUT2D eigenvalue weighted by Gasteiger charge is -2.12. The lowest BCUT2D eigenvalue weighted by Crippen LogP contribution is -2.41. The van der Waals surface area contributed by atoms with E-state index in [1.165, 1.54) is 10.8 Å². The summed E-state index contributed by atoms with van der Waals surface area (Å²) >= 11 is 6.17. The van der Waals surface area contributed by atoms with Gasteiger partial charge in [-0.1, -0.05) is 30.7 Å². The van der Waals surface area contributed by atoms with E-state index in [4.69, 9.17) is 17.3 Å². The molecule has 0 saturated heterocycles. The van der Waals surface area contributed by atoms with E-state index in [2.05, 4.69) is 0 Å². The smallest absolute Gasteiger partial charge is 0.331 e. The minimum Gasteiger partial charge on any atom is -0.393 e. The third-order valence-corrected chi connectivity index (χ3v) is 3.62. The fourth-order valence-corrected chi connectivity index (χ4v) is 2.46. The van der Waals surface area contributed by atoms with Gasteiger partial charge in [-0.3, -0.25) is 13.9 Å². The molecule has 0 saturated carbocycles. The molecule has 1 aromatic carbocycles. The predicted molar refractivity (Wildman–Crippen MR) is 85.0 cm³/mol. The zero-order valence-corrected chi connectivity index (χ0v) is 12.9. The first-order chi connectivity index (χ1) is 9.93. The number of nitrogen functional groups attached to an aromatic ring is 1. The molecule has 1 aromatic heterocycles. The van der Waals surface area contributed by atoms with Crippen molar-refractivity contribution in [3.8, 4) is 0 Å². The number of aromatic nitrogens is 2. The molecule has 0 spiro atoms. The van der Waals surface area contributed by atoms with Crippen LogP contribution in [0.25, 0.3) is 0 Å². The summed E-state index contributed by atoms with van der Waals surface area (Å²) in [7, 11) is 0. The van der Waals surface area contributed by atoms with Crippen molar-refractivity contribution in [2.75, 3.05) is 5.73 Å². The van der Waals surface area contributed by atoms with Gasteiger partial charge in [0.25, 0.3) is 5.56 Å². The van der Waals surface area contributed by atoms with Gasteiger partial charge in [0.2, 0.25) is 0 Å². The number of benzene rings is 1. The number of nitrogens with two attached hydrogens (primary N) is 1. The summed E-state index contributed by atoms with van der Waals surface area (Å²) in [5.74, 6) is 0. The van der Waals surface area contributed by atoms with Crippen molar-refractivity contribution in [3.63, 3.8) is 0 Å². The molecule has 0 aliphatic carbocycles. The second-order valence-electron chi connectivity index (χ2n) is 5.05. The number of halogens is 1. The van der Waals surface area contributed by atoms with Crippen LogP contribution in [0.1, 0.15) is 24.5 Å². The third kappa shape index (κ3) is 3.19. The van der Waals surface area contributed by atoms with E-state index in [1.54, 1.807) is 6.07 Å². The number of rotatable bonds is 4. The molecule has 21 heavy (non-hydrogen) atoms. The van der Waals surface area contributed by atoms with E-state index < -0.39 is 5.56 Å². The van der Waals surface area contributed by atoms with E-state index in [0.29, 0.717) is 11.6 Å². The van der Waals surface area contributed by atoms with Crippen molar-refractivity contribution in [1.82, 2.24) is 9.13 Å². The van der Waals surface area contributed by atoms with Crippen molar-refractivity contribution in [3.05, 3.63) is 61.4 Å². The van der Waals surface area contributed by atoms with Gasteiger partial charge in [-0.25, -0.2) is 4.79 Å². The molecular formula is C15H18ClN3O2. The Labute approximate surface area is 127 Å². The van der Waals surface area contributed by atoms with Crippen LogP contribution >= 0.6 is 11.6 Å². The van der Waals surface area contributed by atoms with E-state index in [-0.39, 0.29) is 17.9 Å². The van der Waals surface area contributed by atoms with E-state index in [9.17, 15) is 9.59 Å². The summed E-state index contributed by atoms with van der Waals surface area (Å²) in [5.41, 5.74) is 6.66. The zero-order chi connectivity index (χ0) is 15.6. The minimum absolute atomic E-state index is 0.0614. The van der Waals surface area contributed by atoms with Crippen LogP contribution in [0, 0.1) is 6.92 Å². The molecule has 0 radical (unpaired) electrons. The minimum atomic E-state index is -0.482. The Kier molecular flexibility index (Phi) is 4.53. The number of hydrogen-bond acceptors (Lipinski definition) is 3. The Morgan fingerprint density at radius 3 is 2.62 bits per heavy atom. The number of aryl methyl sites for hydroxylation is 2. The molecule has 0 bridgehead atoms. The van der Waals surface area contributed by atoms with Crippen molar-refractivity contribution in [2.24, 2.45) is 0 Å². The van der Waals surface area contributed by atoms with Crippen LogP contribution in [0.4, 0.5) is 5.69 Å². The lowest BCUT2D eigenvalue weighted by atomic mass is 10.1. The quantitative estimate of drug-likeness (QED) is 0.939. The highest BCUT2D eigenvalue weighted by Crippen LogP contribution is 2.17. The summed E-state index contributed by atoms with van der Waals surface area (Å²) in [6, 6.07) is 5.51. The highest BCUT2D eigenvalue weighted by molar-refractivity contribution is 6.31. The Bertz CT molecular complexity index is 777. The molecule has 2 aromatic rings. The fraction of sp³-hybridized carbons (Fsp3) is 0.333. The third-order valence-electron chi connectivity index (χ3n) is 3.27. The van der Waals surface area contributed by atoms with Crippen LogP contribution in [0.2, 0.25) is 5.02 Å². The number of anilines is 1. The maximum atomic E-state index is 12.3. The number of nitrogens with zero attached hydrogens (tertiary/aromatic N) is 2. The van der Waals surface area contributed by atoms with Crippen molar-refractivity contribution in [2.45, 2.75) is 33.4 Å². The highest BCUT2D eigenvalue weighted by Gasteiger charge is 2.11. The van der Waals surface area contributed by atoms with Gasteiger partial charge in [0.1, 0.15) is 5.69 Å². The van der Waals surface area contributed by atoms with Crippen LogP contribution < -0.4 is 17.0 Å². The Hall–Kier alpha value is -2.01. The van der Waals surface area contributed by atoms with E-state index in [1.807, 2.05) is 26.0 Å². The maximum Gasteiger partial charge on any atom is 0.331 e. The summed E-state index contributed by atoms with van der Waals surface area (Å²) in [6.45, 7) is 4.52. The molecular weight excluding hydrogens is 290 g/mol. The first-order valence-electron chi connectivity index (χ1n) is 6.78. The zero-order valence-electron chi connectivity index (χ0n) is 12.1. The summed E-state index contributed by atoms with van der Waals surface area (Å²) in [4.78, 5) is 24.5. The van der Waals surface area contributed by atoms with E-state index in [0.717, 1.165) is 22.1 Å². The normalized spacial score (nSPS) is 10.8. The SMILES string of the molecule is CCCn1cc(N)c(=O)n(Cc2ccc(C)cc2Cl)c1=O. The molecule has 6 heteroatoms. The summed E-state index contributed by atoms with van der Waals surface area (Å²) < 4.78 is 2.58. The molecule has 2 rings (SSSR count). The highest BCUT2D eigenvalue weighted by atomic mass is 35.5. The molecule has 1 heterocycles. The first kappa shape index (κ1) is 15.4. The Balaban J connectivity index is 2.53. The van der Waals surface area contributed by atoms with Gasteiger partial charge in [0.15, 0.2) is 0 Å². The lowest BCUT2D eigenvalue weighted by molar-refractivity contribution is 0.573. The molecule has 112 valence electrons. The second-order valence-corrected chi connectivity index (χ2v) is 5.45. The Morgan fingerprint density at radius 1 is 1.29 bits per heavy atom.